The lowest BCUT2D eigenvalue weighted by Gasteiger charge is -2.09. The highest BCUT2D eigenvalue weighted by Crippen LogP contribution is 2.27. The molecule has 5 heteroatoms. The standard InChI is InChI=1S/C16H18ClFN2O/c1-11(2)9-19-10-12-5-3-8-15(20-12)21-14-7-4-6-13(17)16(14)18/h3-8,11,19H,9-10H2,1-2H3. The number of rotatable bonds is 6. The number of nitrogens with one attached hydrogen (secondary N) is 1. The summed E-state index contributed by atoms with van der Waals surface area (Å²) in [6, 6.07) is 10.0. The van der Waals surface area contributed by atoms with Crippen molar-refractivity contribution in [2.45, 2.75) is 20.4 Å². The molecule has 3 nitrogen and oxygen atoms in total. The molecule has 112 valence electrons. The minimum atomic E-state index is -0.579. The van der Waals surface area contributed by atoms with Gasteiger partial charge in [0.25, 0.3) is 0 Å². The Bertz CT molecular complexity index is 605. The third kappa shape index (κ3) is 4.69. The van der Waals surface area contributed by atoms with Crippen LogP contribution in [-0.4, -0.2) is 11.5 Å². The summed E-state index contributed by atoms with van der Waals surface area (Å²) in [5.74, 6) is 0.414. The molecule has 0 aliphatic carbocycles. The first-order chi connectivity index (χ1) is 10.1. The van der Waals surface area contributed by atoms with Crippen LogP contribution in [0.3, 0.4) is 0 Å². The quantitative estimate of drug-likeness (QED) is 0.858. The Labute approximate surface area is 129 Å². The number of benzene rings is 1. The topological polar surface area (TPSA) is 34.1 Å². The van der Waals surface area contributed by atoms with Crippen molar-refractivity contribution in [1.29, 1.82) is 0 Å². The monoisotopic (exact) mass is 308 g/mol. The Morgan fingerprint density at radius 1 is 1.24 bits per heavy atom. The van der Waals surface area contributed by atoms with Crippen LogP contribution in [0.5, 0.6) is 11.6 Å². The summed E-state index contributed by atoms with van der Waals surface area (Å²) in [6.45, 7) is 5.84. The highest BCUT2D eigenvalue weighted by molar-refractivity contribution is 6.30. The maximum absolute atomic E-state index is 13.8. The SMILES string of the molecule is CC(C)CNCc1cccc(Oc2cccc(Cl)c2F)n1. The van der Waals surface area contributed by atoms with Gasteiger partial charge in [-0.25, -0.2) is 9.37 Å². The first-order valence-electron chi connectivity index (χ1n) is 6.85. The smallest absolute Gasteiger partial charge is 0.219 e. The molecule has 0 fully saturated rings. The van der Waals surface area contributed by atoms with Gasteiger partial charge in [-0.05, 0) is 30.7 Å². The molecular weight excluding hydrogens is 291 g/mol. The van der Waals surface area contributed by atoms with E-state index in [-0.39, 0.29) is 10.8 Å². The average Bonchev–Trinajstić information content (AvgIpc) is 2.44. The Balaban J connectivity index is 2.05. The lowest BCUT2D eigenvalue weighted by atomic mass is 10.2. The van der Waals surface area contributed by atoms with Crippen molar-refractivity contribution in [3.05, 3.63) is 52.9 Å². The Kier molecular flexibility index (Phi) is 5.53. The van der Waals surface area contributed by atoms with E-state index in [2.05, 4.69) is 24.1 Å². The molecule has 0 saturated heterocycles. The number of ether oxygens (including phenoxy) is 1. The van der Waals surface area contributed by atoms with Gasteiger partial charge in [0.1, 0.15) is 0 Å². The summed E-state index contributed by atoms with van der Waals surface area (Å²) in [5, 5.41) is 3.33. The zero-order valence-electron chi connectivity index (χ0n) is 12.1. The van der Waals surface area contributed by atoms with Crippen LogP contribution in [0, 0.1) is 11.7 Å². The van der Waals surface area contributed by atoms with Crippen LogP contribution in [0.4, 0.5) is 4.39 Å². The molecule has 1 aromatic carbocycles. The molecule has 2 rings (SSSR count). The number of nitrogens with zero attached hydrogens (tertiary/aromatic N) is 1. The summed E-state index contributed by atoms with van der Waals surface area (Å²) in [5.41, 5.74) is 0.843. The van der Waals surface area contributed by atoms with Gasteiger partial charge in [0, 0.05) is 12.6 Å². The predicted molar refractivity (Wildman–Crippen MR) is 82.3 cm³/mol. The van der Waals surface area contributed by atoms with Crippen LogP contribution in [0.1, 0.15) is 19.5 Å². The van der Waals surface area contributed by atoms with Gasteiger partial charge in [0.2, 0.25) is 5.88 Å². The van der Waals surface area contributed by atoms with E-state index in [1.807, 2.05) is 12.1 Å². The summed E-state index contributed by atoms with van der Waals surface area (Å²) in [4.78, 5) is 4.34. The average molecular weight is 309 g/mol. The lowest BCUT2D eigenvalue weighted by molar-refractivity contribution is 0.425. The fourth-order valence-electron chi connectivity index (χ4n) is 1.78. The Hall–Kier alpha value is -1.65. The van der Waals surface area contributed by atoms with Crippen molar-refractivity contribution in [1.82, 2.24) is 10.3 Å². The van der Waals surface area contributed by atoms with E-state index in [0.29, 0.717) is 18.3 Å². The molecule has 0 amide bonds. The molecule has 1 heterocycles. The van der Waals surface area contributed by atoms with E-state index >= 15 is 0 Å². The zero-order chi connectivity index (χ0) is 15.2. The molecule has 0 saturated carbocycles. The molecule has 0 unspecified atom stereocenters. The van der Waals surface area contributed by atoms with Gasteiger partial charge in [-0.1, -0.05) is 37.6 Å². The first-order valence-corrected chi connectivity index (χ1v) is 7.22. The predicted octanol–water partition coefficient (Wildman–Crippen LogP) is 4.41. The molecular formula is C16H18ClFN2O. The van der Waals surface area contributed by atoms with Crippen LogP contribution < -0.4 is 10.1 Å². The second kappa shape index (κ2) is 7.38. The number of halogens is 2. The number of pyridine rings is 1. The van der Waals surface area contributed by atoms with E-state index in [9.17, 15) is 4.39 Å². The third-order valence-corrected chi connectivity index (χ3v) is 3.06. The number of hydrogen-bond acceptors (Lipinski definition) is 3. The van der Waals surface area contributed by atoms with Crippen molar-refractivity contribution >= 4 is 11.6 Å². The van der Waals surface area contributed by atoms with Crippen molar-refractivity contribution in [3.8, 4) is 11.6 Å². The zero-order valence-corrected chi connectivity index (χ0v) is 12.8. The van der Waals surface area contributed by atoms with E-state index in [1.54, 1.807) is 12.1 Å². The second-order valence-corrected chi connectivity index (χ2v) is 5.55. The van der Waals surface area contributed by atoms with Crippen molar-refractivity contribution in [2.24, 2.45) is 5.92 Å². The number of aromatic nitrogens is 1. The summed E-state index contributed by atoms with van der Waals surface area (Å²) >= 11 is 5.72. The highest BCUT2D eigenvalue weighted by Gasteiger charge is 2.09. The van der Waals surface area contributed by atoms with Crippen LogP contribution in [0.25, 0.3) is 0 Å². The van der Waals surface area contributed by atoms with Crippen molar-refractivity contribution in [3.63, 3.8) is 0 Å². The minimum absolute atomic E-state index is 0.0299. The largest absolute Gasteiger partial charge is 0.436 e. The molecule has 0 spiro atoms. The lowest BCUT2D eigenvalue weighted by Crippen LogP contribution is -2.19. The molecule has 2 aromatic rings. The van der Waals surface area contributed by atoms with Gasteiger partial charge in [0.05, 0.1) is 10.7 Å². The minimum Gasteiger partial charge on any atom is -0.436 e. The van der Waals surface area contributed by atoms with E-state index in [4.69, 9.17) is 16.3 Å². The molecule has 0 aliphatic heterocycles. The van der Waals surface area contributed by atoms with Gasteiger partial charge in [-0.3, -0.25) is 0 Å². The fourth-order valence-corrected chi connectivity index (χ4v) is 1.94. The Morgan fingerprint density at radius 2 is 2.00 bits per heavy atom. The van der Waals surface area contributed by atoms with Crippen LogP contribution >= 0.6 is 11.6 Å². The van der Waals surface area contributed by atoms with Crippen molar-refractivity contribution < 1.29 is 9.13 Å². The summed E-state index contributed by atoms with van der Waals surface area (Å²) < 4.78 is 19.2. The van der Waals surface area contributed by atoms with Crippen LogP contribution in [0.15, 0.2) is 36.4 Å². The molecule has 1 aromatic heterocycles. The maximum atomic E-state index is 13.8. The van der Waals surface area contributed by atoms with Gasteiger partial charge < -0.3 is 10.1 Å². The van der Waals surface area contributed by atoms with Gasteiger partial charge in [-0.15, -0.1) is 0 Å². The molecule has 21 heavy (non-hydrogen) atoms. The van der Waals surface area contributed by atoms with Gasteiger partial charge in [0.15, 0.2) is 11.6 Å². The maximum Gasteiger partial charge on any atom is 0.219 e. The van der Waals surface area contributed by atoms with E-state index < -0.39 is 5.82 Å². The van der Waals surface area contributed by atoms with Gasteiger partial charge in [-0.2, -0.15) is 0 Å². The Morgan fingerprint density at radius 3 is 2.76 bits per heavy atom. The second-order valence-electron chi connectivity index (χ2n) is 5.15. The molecule has 0 aliphatic rings. The van der Waals surface area contributed by atoms with E-state index in [1.165, 1.54) is 12.1 Å². The summed E-state index contributed by atoms with van der Waals surface area (Å²) in [7, 11) is 0. The molecule has 0 radical (unpaired) electrons. The highest BCUT2D eigenvalue weighted by atomic mass is 35.5. The van der Waals surface area contributed by atoms with Gasteiger partial charge >= 0.3 is 0 Å². The molecule has 1 N–H and O–H groups in total. The first kappa shape index (κ1) is 15.7. The number of hydrogen-bond donors (Lipinski definition) is 1. The van der Waals surface area contributed by atoms with Crippen LogP contribution in [0.2, 0.25) is 5.02 Å². The normalized spacial score (nSPS) is 10.9. The van der Waals surface area contributed by atoms with Crippen molar-refractivity contribution in [2.75, 3.05) is 6.54 Å². The fraction of sp³-hybridized carbons (Fsp3) is 0.312. The summed E-state index contributed by atoms with van der Waals surface area (Å²) in [6.07, 6.45) is 0. The third-order valence-electron chi connectivity index (χ3n) is 2.77. The van der Waals surface area contributed by atoms with Crippen LogP contribution in [-0.2, 0) is 6.54 Å². The molecule has 0 bridgehead atoms. The van der Waals surface area contributed by atoms with E-state index in [0.717, 1.165) is 12.2 Å². The molecule has 0 atom stereocenters.